The van der Waals surface area contributed by atoms with Gasteiger partial charge >= 0.3 is 11.4 Å². The molecule has 0 unspecified atom stereocenters. The fourth-order valence-corrected chi connectivity index (χ4v) is 7.50. The molecule has 0 aliphatic carbocycles. The van der Waals surface area contributed by atoms with Crippen molar-refractivity contribution in [2.45, 2.75) is 58.2 Å². The molecule has 52 heavy (non-hydrogen) atoms. The van der Waals surface area contributed by atoms with E-state index in [2.05, 4.69) is 26.9 Å². The SMILES string of the molecule is CCCn1c(=O)n(-c2ccc(N3CCN(c4ccc(OC[C@@H]5CO[C@@](Cn6ccnc6)(c6ccc(Cl)cc6Cl)O5)cc4)CC3)cc2)c(=O)n1CCC. The Labute approximate surface area is 312 Å². The monoisotopic (exact) mass is 747 g/mol. The molecule has 2 aliphatic rings. The first-order valence-corrected chi connectivity index (χ1v) is 18.5. The van der Waals surface area contributed by atoms with Crippen LogP contribution in [-0.2, 0) is 34.9 Å². The molecule has 2 atom stereocenters. The zero-order valence-electron chi connectivity index (χ0n) is 29.4. The Kier molecular flexibility index (Phi) is 10.8. The van der Waals surface area contributed by atoms with E-state index in [9.17, 15) is 9.59 Å². The fourth-order valence-electron chi connectivity index (χ4n) is 6.95. The molecular weight excluding hydrogens is 705 g/mol. The van der Waals surface area contributed by atoms with Gasteiger partial charge in [-0.2, -0.15) is 0 Å². The molecule has 3 aromatic carbocycles. The van der Waals surface area contributed by atoms with Crippen molar-refractivity contribution in [3.63, 3.8) is 0 Å². The van der Waals surface area contributed by atoms with E-state index in [1.807, 2.05) is 67.1 Å². The summed E-state index contributed by atoms with van der Waals surface area (Å²) in [4.78, 5) is 35.1. The maximum absolute atomic E-state index is 13.2. The topological polar surface area (TPSA) is 101 Å². The Morgan fingerprint density at radius 1 is 0.827 bits per heavy atom. The highest BCUT2D eigenvalue weighted by atomic mass is 35.5. The molecule has 0 N–H and O–H groups in total. The van der Waals surface area contributed by atoms with Crippen molar-refractivity contribution in [3.8, 4) is 11.4 Å². The van der Waals surface area contributed by atoms with Crippen LogP contribution in [0.15, 0.2) is 95.0 Å². The minimum atomic E-state index is -1.11. The first kappa shape index (κ1) is 35.9. The molecule has 0 radical (unpaired) electrons. The van der Waals surface area contributed by atoms with E-state index in [1.54, 1.807) is 34.0 Å². The Bertz CT molecular complexity index is 2030. The quantitative estimate of drug-likeness (QED) is 0.149. The van der Waals surface area contributed by atoms with Crippen molar-refractivity contribution in [1.29, 1.82) is 0 Å². The van der Waals surface area contributed by atoms with Crippen LogP contribution in [0, 0.1) is 0 Å². The van der Waals surface area contributed by atoms with Gasteiger partial charge in [-0.05, 0) is 73.5 Å². The van der Waals surface area contributed by atoms with Crippen molar-refractivity contribution >= 4 is 34.6 Å². The van der Waals surface area contributed by atoms with E-state index in [0.717, 1.165) is 56.1 Å². The van der Waals surface area contributed by atoms with Crippen LogP contribution in [0.5, 0.6) is 5.75 Å². The molecule has 2 saturated heterocycles. The molecule has 7 rings (SSSR count). The summed E-state index contributed by atoms with van der Waals surface area (Å²) >= 11 is 12.8. The van der Waals surface area contributed by atoms with Gasteiger partial charge in [0.25, 0.3) is 0 Å². The lowest BCUT2D eigenvalue weighted by Gasteiger charge is -2.37. The summed E-state index contributed by atoms with van der Waals surface area (Å²) in [6.45, 7) is 9.42. The van der Waals surface area contributed by atoms with E-state index < -0.39 is 5.79 Å². The van der Waals surface area contributed by atoms with Crippen LogP contribution in [0.3, 0.4) is 0 Å². The normalized spacial score (nSPS) is 19.0. The number of halogens is 2. The van der Waals surface area contributed by atoms with Gasteiger partial charge in [0.15, 0.2) is 0 Å². The summed E-state index contributed by atoms with van der Waals surface area (Å²) in [6.07, 6.45) is 6.51. The van der Waals surface area contributed by atoms with Gasteiger partial charge in [0.05, 0.1) is 30.2 Å². The number of ether oxygens (including phenoxy) is 3. The maximum Gasteiger partial charge on any atom is 0.351 e. The number of hydrogen-bond acceptors (Lipinski definition) is 8. The van der Waals surface area contributed by atoms with E-state index in [0.29, 0.717) is 54.1 Å². The molecule has 0 saturated carbocycles. The Morgan fingerprint density at radius 3 is 1.98 bits per heavy atom. The van der Waals surface area contributed by atoms with Gasteiger partial charge in [-0.3, -0.25) is 0 Å². The maximum atomic E-state index is 13.2. The number of piperazine rings is 1. The minimum Gasteiger partial charge on any atom is -0.491 e. The third-order valence-electron chi connectivity index (χ3n) is 9.53. The standard InChI is InChI=1S/C38H43Cl2N7O5/c1-3-16-45-36(48)47(37(49)46(45)17-4-2)31-8-6-29(7-9-31)43-19-21-44(22-20-43)30-10-12-32(13-11-30)50-24-33-25-51-38(52-33,26-42-18-15-41-27-42)34-14-5-28(39)23-35(34)40/h5-15,18,23,27,33H,3-4,16-17,19-22,24-26H2,1-2H3/t33-,38-/m1/s1. The number of benzene rings is 3. The Hall–Kier alpha value is -4.49. The van der Waals surface area contributed by atoms with Crippen LogP contribution in [0.4, 0.5) is 11.4 Å². The second-order valence-electron chi connectivity index (χ2n) is 13.1. The lowest BCUT2D eigenvalue weighted by Crippen LogP contribution is -2.46. The van der Waals surface area contributed by atoms with Crippen LogP contribution >= 0.6 is 23.2 Å². The Balaban J connectivity index is 0.938. The molecule has 274 valence electrons. The summed E-state index contributed by atoms with van der Waals surface area (Å²) in [5, 5.41) is 1.00. The molecule has 4 heterocycles. The van der Waals surface area contributed by atoms with E-state index in [-0.39, 0.29) is 17.5 Å². The molecule has 14 heteroatoms. The van der Waals surface area contributed by atoms with Crippen molar-refractivity contribution in [3.05, 3.63) is 122 Å². The Morgan fingerprint density at radius 2 is 1.42 bits per heavy atom. The average Bonchev–Trinajstić information content (AvgIpc) is 3.88. The van der Waals surface area contributed by atoms with Gasteiger partial charge in [-0.15, -0.1) is 0 Å². The zero-order valence-corrected chi connectivity index (χ0v) is 30.9. The van der Waals surface area contributed by atoms with Crippen molar-refractivity contribution < 1.29 is 14.2 Å². The van der Waals surface area contributed by atoms with Crippen LogP contribution in [0.2, 0.25) is 10.0 Å². The summed E-state index contributed by atoms with van der Waals surface area (Å²) in [7, 11) is 0. The predicted octanol–water partition coefficient (Wildman–Crippen LogP) is 5.80. The second-order valence-corrected chi connectivity index (χ2v) is 13.9. The van der Waals surface area contributed by atoms with Gasteiger partial charge < -0.3 is 28.6 Å². The highest BCUT2D eigenvalue weighted by molar-refractivity contribution is 6.35. The van der Waals surface area contributed by atoms with Crippen LogP contribution in [-0.4, -0.2) is 69.0 Å². The third kappa shape index (κ3) is 7.38. The van der Waals surface area contributed by atoms with Gasteiger partial charge in [0.1, 0.15) is 18.5 Å². The highest BCUT2D eigenvalue weighted by Crippen LogP contribution is 2.40. The molecule has 0 spiro atoms. The molecule has 0 bridgehead atoms. The van der Waals surface area contributed by atoms with Crippen molar-refractivity contribution in [2.75, 3.05) is 49.2 Å². The number of aromatic nitrogens is 5. The summed E-state index contributed by atoms with van der Waals surface area (Å²) in [6, 6.07) is 21.1. The zero-order chi connectivity index (χ0) is 36.2. The van der Waals surface area contributed by atoms with Gasteiger partial charge in [0.2, 0.25) is 5.79 Å². The van der Waals surface area contributed by atoms with Crippen LogP contribution in [0.25, 0.3) is 5.69 Å². The summed E-state index contributed by atoms with van der Waals surface area (Å²) in [5.74, 6) is -0.364. The smallest absolute Gasteiger partial charge is 0.351 e. The second kappa shape index (κ2) is 15.6. The average molecular weight is 749 g/mol. The van der Waals surface area contributed by atoms with Gasteiger partial charge in [-0.1, -0.05) is 43.1 Å². The fraction of sp³-hybridized carbons (Fsp3) is 0.395. The molecule has 2 aromatic heterocycles. The number of hydrogen-bond donors (Lipinski definition) is 0. The minimum absolute atomic E-state index is 0.290. The number of imidazole rings is 1. The van der Waals surface area contributed by atoms with Crippen LogP contribution < -0.4 is 25.9 Å². The lowest BCUT2D eigenvalue weighted by molar-refractivity contribution is -0.189. The van der Waals surface area contributed by atoms with E-state index >= 15 is 0 Å². The number of nitrogens with zero attached hydrogens (tertiary/aromatic N) is 7. The van der Waals surface area contributed by atoms with Gasteiger partial charge in [-0.25, -0.2) is 28.5 Å². The predicted molar refractivity (Wildman–Crippen MR) is 202 cm³/mol. The summed E-state index contributed by atoms with van der Waals surface area (Å²) < 4.78 is 25.3. The molecule has 12 nitrogen and oxygen atoms in total. The molecule has 5 aromatic rings. The first-order valence-electron chi connectivity index (χ1n) is 17.8. The molecule has 0 amide bonds. The molecule has 2 aliphatic heterocycles. The summed E-state index contributed by atoms with van der Waals surface area (Å²) in [5.41, 5.74) is 2.89. The first-order chi connectivity index (χ1) is 25.3. The van der Waals surface area contributed by atoms with E-state index in [4.69, 9.17) is 37.4 Å². The van der Waals surface area contributed by atoms with Crippen LogP contribution in [0.1, 0.15) is 32.3 Å². The van der Waals surface area contributed by atoms with E-state index in [1.165, 1.54) is 4.57 Å². The number of rotatable bonds is 13. The van der Waals surface area contributed by atoms with Crippen molar-refractivity contribution in [2.24, 2.45) is 0 Å². The third-order valence-corrected chi connectivity index (χ3v) is 10.1. The largest absolute Gasteiger partial charge is 0.491 e. The van der Waals surface area contributed by atoms with Gasteiger partial charge in [0, 0.05) is 73.6 Å². The highest BCUT2D eigenvalue weighted by Gasteiger charge is 2.45. The lowest BCUT2D eigenvalue weighted by atomic mass is 10.1. The molecular formula is C38H43Cl2N7O5. The number of anilines is 2. The molecule has 2 fully saturated rings. The van der Waals surface area contributed by atoms with Crippen molar-refractivity contribution in [1.82, 2.24) is 23.5 Å².